The number of nitrogens with zero attached hydrogens (tertiary/aromatic N) is 1. The van der Waals surface area contributed by atoms with Gasteiger partial charge in [-0.2, -0.15) is 0 Å². The van der Waals surface area contributed by atoms with E-state index in [0.717, 1.165) is 4.57 Å². The van der Waals surface area contributed by atoms with Gasteiger partial charge in [0.15, 0.2) is 0 Å². The number of aromatic nitrogens is 2. The number of H-pyrrole nitrogens is 1. The Morgan fingerprint density at radius 3 is 2.37 bits per heavy atom. The summed E-state index contributed by atoms with van der Waals surface area (Å²) in [6, 6.07) is -0.310. The molecule has 2 atom stereocenters. The molecular weight excluding hydrogens is 288 g/mol. The third-order valence-electron chi connectivity index (χ3n) is 2.96. The minimum atomic E-state index is -0.945. The van der Waals surface area contributed by atoms with Crippen LogP contribution >= 0.6 is 11.6 Å². The molecule has 0 radical (unpaired) electrons. The molecule has 0 amide bonds. The highest BCUT2D eigenvalue weighted by molar-refractivity contribution is 7.84. The van der Waals surface area contributed by atoms with Gasteiger partial charge in [-0.15, -0.1) is 0 Å². The van der Waals surface area contributed by atoms with E-state index in [1.807, 2.05) is 13.8 Å². The van der Waals surface area contributed by atoms with Gasteiger partial charge in [0.1, 0.15) is 5.15 Å². The lowest BCUT2D eigenvalue weighted by Crippen LogP contribution is -2.40. The number of hydrogen-bond donors (Lipinski definition) is 1. The van der Waals surface area contributed by atoms with Gasteiger partial charge in [-0.3, -0.25) is 18.6 Å². The van der Waals surface area contributed by atoms with Gasteiger partial charge in [-0.25, -0.2) is 4.79 Å². The van der Waals surface area contributed by atoms with Crippen LogP contribution in [0.2, 0.25) is 5.15 Å². The lowest BCUT2D eigenvalue weighted by atomic mass is 10.1. The van der Waals surface area contributed by atoms with E-state index in [9.17, 15) is 13.8 Å². The molecule has 108 valence electrons. The predicted octanol–water partition coefficient (Wildman–Crippen LogP) is 1.64. The molecule has 5 nitrogen and oxygen atoms in total. The fourth-order valence-electron chi connectivity index (χ4n) is 1.90. The summed E-state index contributed by atoms with van der Waals surface area (Å²) in [6.45, 7) is 5.45. The third-order valence-corrected chi connectivity index (χ3v) is 4.07. The van der Waals surface area contributed by atoms with Crippen molar-refractivity contribution in [2.45, 2.75) is 39.2 Å². The van der Waals surface area contributed by atoms with Gasteiger partial charge in [0.2, 0.25) is 0 Å². The van der Waals surface area contributed by atoms with Crippen molar-refractivity contribution in [3.8, 4) is 0 Å². The predicted molar refractivity (Wildman–Crippen MR) is 78.7 cm³/mol. The number of halogens is 1. The monoisotopic (exact) mass is 306 g/mol. The second kappa shape index (κ2) is 6.52. The van der Waals surface area contributed by atoms with Crippen LogP contribution in [0.3, 0.4) is 0 Å². The summed E-state index contributed by atoms with van der Waals surface area (Å²) in [6.07, 6.45) is 2.10. The Kier molecular flexibility index (Phi) is 5.55. The Balaban J connectivity index is 3.28. The fourth-order valence-corrected chi connectivity index (χ4v) is 2.96. The van der Waals surface area contributed by atoms with E-state index in [2.05, 4.69) is 4.98 Å². The molecule has 7 heteroatoms. The molecule has 1 N–H and O–H groups in total. The summed E-state index contributed by atoms with van der Waals surface area (Å²) < 4.78 is 12.3. The largest absolute Gasteiger partial charge is 0.329 e. The molecule has 0 saturated heterocycles. The number of rotatable bonds is 5. The van der Waals surface area contributed by atoms with Crippen molar-refractivity contribution in [1.29, 1.82) is 0 Å². The first-order valence-corrected chi connectivity index (χ1v) is 8.20. The van der Waals surface area contributed by atoms with Crippen LogP contribution < -0.4 is 11.2 Å². The van der Waals surface area contributed by atoms with Crippen molar-refractivity contribution in [2.75, 3.05) is 12.0 Å². The van der Waals surface area contributed by atoms with E-state index in [1.54, 1.807) is 13.2 Å². The minimum Gasteiger partial charge on any atom is -0.297 e. The van der Waals surface area contributed by atoms with Crippen molar-refractivity contribution in [1.82, 2.24) is 9.55 Å². The highest BCUT2D eigenvalue weighted by Gasteiger charge is 2.19. The normalized spacial score (nSPS) is 14.6. The second-order valence-electron chi connectivity index (χ2n) is 4.90. The van der Waals surface area contributed by atoms with Crippen molar-refractivity contribution in [2.24, 2.45) is 0 Å². The summed E-state index contributed by atoms with van der Waals surface area (Å²) in [5.41, 5.74) is -0.474. The number of hydrogen-bond acceptors (Lipinski definition) is 3. The topological polar surface area (TPSA) is 71.9 Å². The molecule has 1 aromatic heterocycles. The molecule has 19 heavy (non-hydrogen) atoms. The molecule has 2 unspecified atom stereocenters. The van der Waals surface area contributed by atoms with Crippen LogP contribution in [-0.4, -0.2) is 25.8 Å². The molecular formula is C12H19ClN2O3S. The molecule has 0 fully saturated rings. The third kappa shape index (κ3) is 3.79. The SMILES string of the molecule is CC(C)c1c(Cl)[nH]c(=O)n(C(C)CCS(C)=O)c1=O. The summed E-state index contributed by atoms with van der Waals surface area (Å²) in [5.74, 6) is 0.378. The highest BCUT2D eigenvalue weighted by Crippen LogP contribution is 2.17. The zero-order valence-corrected chi connectivity index (χ0v) is 13.1. The highest BCUT2D eigenvalue weighted by atomic mass is 35.5. The Labute approximate surface area is 119 Å². The molecule has 0 bridgehead atoms. The van der Waals surface area contributed by atoms with Gasteiger partial charge in [0, 0.05) is 28.9 Å². The summed E-state index contributed by atoms with van der Waals surface area (Å²) in [5, 5.41) is 0.104. The average molecular weight is 307 g/mol. The first kappa shape index (κ1) is 16.2. The van der Waals surface area contributed by atoms with E-state index in [1.165, 1.54) is 0 Å². The summed E-state index contributed by atoms with van der Waals surface area (Å²) in [4.78, 5) is 26.7. The first-order chi connectivity index (χ1) is 8.75. The van der Waals surface area contributed by atoms with Crippen LogP contribution in [0.4, 0.5) is 0 Å². The van der Waals surface area contributed by atoms with Crippen molar-refractivity contribution < 1.29 is 4.21 Å². The molecule has 1 aromatic rings. The van der Waals surface area contributed by atoms with E-state index in [0.29, 0.717) is 17.7 Å². The molecule has 0 saturated carbocycles. The average Bonchev–Trinajstić information content (AvgIpc) is 2.24. The van der Waals surface area contributed by atoms with Gasteiger partial charge in [-0.1, -0.05) is 25.4 Å². The maximum Gasteiger partial charge on any atom is 0.329 e. The Hall–Kier alpha value is -0.880. The van der Waals surface area contributed by atoms with E-state index in [4.69, 9.17) is 11.6 Å². The maximum absolute atomic E-state index is 12.3. The molecule has 0 aliphatic carbocycles. The Morgan fingerprint density at radius 2 is 1.89 bits per heavy atom. The standard InChI is InChI=1S/C12H19ClN2O3S/c1-7(2)9-10(13)14-12(17)15(11(9)16)8(3)5-6-19(4)18/h7-8H,5-6H2,1-4H3,(H,14,17). The van der Waals surface area contributed by atoms with E-state index >= 15 is 0 Å². The van der Waals surface area contributed by atoms with Crippen LogP contribution in [0.15, 0.2) is 9.59 Å². The first-order valence-electron chi connectivity index (χ1n) is 6.10. The zero-order valence-electron chi connectivity index (χ0n) is 11.5. The van der Waals surface area contributed by atoms with Crippen LogP contribution in [-0.2, 0) is 10.8 Å². The van der Waals surface area contributed by atoms with E-state index < -0.39 is 16.5 Å². The Morgan fingerprint density at radius 1 is 1.32 bits per heavy atom. The van der Waals surface area contributed by atoms with Gasteiger partial charge >= 0.3 is 5.69 Å². The smallest absolute Gasteiger partial charge is 0.297 e. The summed E-state index contributed by atoms with van der Waals surface area (Å²) in [7, 11) is -0.945. The van der Waals surface area contributed by atoms with Gasteiger partial charge in [0.25, 0.3) is 5.56 Å². The van der Waals surface area contributed by atoms with Crippen molar-refractivity contribution >= 4 is 22.4 Å². The molecule has 0 aromatic carbocycles. The van der Waals surface area contributed by atoms with Crippen LogP contribution in [0.25, 0.3) is 0 Å². The van der Waals surface area contributed by atoms with Crippen LogP contribution in [0.1, 0.15) is 44.7 Å². The lowest BCUT2D eigenvalue weighted by molar-refractivity contribution is 0.485. The van der Waals surface area contributed by atoms with Crippen molar-refractivity contribution in [3.05, 3.63) is 31.6 Å². The quantitative estimate of drug-likeness (QED) is 0.841. The molecule has 0 aliphatic heterocycles. The summed E-state index contributed by atoms with van der Waals surface area (Å²) >= 11 is 5.92. The number of nitrogens with one attached hydrogen (secondary N) is 1. The fraction of sp³-hybridized carbons (Fsp3) is 0.667. The Bertz CT molecular complexity index is 592. The van der Waals surface area contributed by atoms with Gasteiger partial charge in [0.05, 0.1) is 5.56 Å². The molecule has 0 spiro atoms. The zero-order chi connectivity index (χ0) is 14.7. The number of aromatic amines is 1. The minimum absolute atomic E-state index is 0.0735. The van der Waals surface area contributed by atoms with Gasteiger partial charge < -0.3 is 0 Å². The van der Waals surface area contributed by atoms with Gasteiger partial charge in [-0.05, 0) is 19.3 Å². The lowest BCUT2D eigenvalue weighted by Gasteiger charge is -2.16. The maximum atomic E-state index is 12.3. The molecule has 0 aliphatic rings. The molecule has 1 rings (SSSR count). The van der Waals surface area contributed by atoms with Crippen LogP contribution in [0.5, 0.6) is 0 Å². The second-order valence-corrected chi connectivity index (χ2v) is 6.84. The molecule has 1 heterocycles. The van der Waals surface area contributed by atoms with Crippen LogP contribution in [0, 0.1) is 0 Å². The van der Waals surface area contributed by atoms with E-state index in [-0.39, 0.29) is 22.7 Å². The van der Waals surface area contributed by atoms with Crippen molar-refractivity contribution in [3.63, 3.8) is 0 Å².